The van der Waals surface area contributed by atoms with Gasteiger partial charge in [-0.05, 0) is 61.7 Å². The number of carboxylic acids is 1. The number of hydrogen-bond acceptors (Lipinski definition) is 6. The molecule has 10 heteroatoms. The zero-order chi connectivity index (χ0) is 27.4. The molecule has 2 aromatic heterocycles. The Morgan fingerprint density at radius 1 is 0.872 bits per heavy atom. The van der Waals surface area contributed by atoms with Gasteiger partial charge in [-0.3, -0.25) is 14.4 Å². The second-order valence-electron chi connectivity index (χ2n) is 9.39. The maximum atomic E-state index is 13.3. The lowest BCUT2D eigenvalue weighted by molar-refractivity contribution is -0.137. The number of fused-ring (bicyclic) bond motifs is 1. The summed E-state index contributed by atoms with van der Waals surface area (Å²) in [7, 11) is 0. The molecule has 0 atom stereocenters. The molecule has 0 radical (unpaired) electrons. The van der Waals surface area contributed by atoms with Crippen molar-refractivity contribution in [2.75, 3.05) is 26.2 Å². The highest BCUT2D eigenvalue weighted by Crippen LogP contribution is 2.27. The van der Waals surface area contributed by atoms with Crippen LogP contribution in [0.15, 0.2) is 65.3 Å². The topological polar surface area (TPSA) is 117 Å². The zero-order valence-corrected chi connectivity index (χ0v) is 21.9. The second kappa shape index (κ2) is 11.7. The molecule has 1 aliphatic rings. The number of furan rings is 1. The summed E-state index contributed by atoms with van der Waals surface area (Å²) in [5.74, 6) is -0.847. The number of halogens is 1. The third-order valence-electron chi connectivity index (χ3n) is 6.74. The number of carbonyl (C=O) groups is 3. The van der Waals surface area contributed by atoms with Gasteiger partial charge in [-0.2, -0.15) is 0 Å². The fourth-order valence-electron chi connectivity index (χ4n) is 4.66. The van der Waals surface area contributed by atoms with Crippen LogP contribution < -0.4 is 0 Å². The van der Waals surface area contributed by atoms with Crippen molar-refractivity contribution < 1.29 is 23.9 Å². The van der Waals surface area contributed by atoms with Gasteiger partial charge >= 0.3 is 5.97 Å². The maximum absolute atomic E-state index is 13.3. The van der Waals surface area contributed by atoms with E-state index in [9.17, 15) is 14.4 Å². The van der Waals surface area contributed by atoms with Crippen LogP contribution in [0.3, 0.4) is 0 Å². The Labute approximate surface area is 230 Å². The number of nitrogens with zero attached hydrogens (tertiary/aromatic N) is 4. The van der Waals surface area contributed by atoms with Crippen molar-refractivity contribution in [3.8, 4) is 11.3 Å². The standard InChI is InChI=1S/C29H27ClN4O5/c30-21-10-7-19(8-11-21)27-23(4-1-2-6-26(35)36)31-24-18-20(9-12-22(24)32-27)28(37)33-13-15-34(16-14-33)29(38)25-5-3-17-39-25/h3,5,7-12,17-18H,1-2,4,6,13-16H2,(H,35,36). The van der Waals surface area contributed by atoms with E-state index < -0.39 is 5.97 Å². The number of hydrogen-bond donors (Lipinski definition) is 1. The van der Waals surface area contributed by atoms with Crippen molar-refractivity contribution in [3.63, 3.8) is 0 Å². The van der Waals surface area contributed by atoms with Gasteiger partial charge in [-0.1, -0.05) is 23.7 Å². The predicted octanol–water partition coefficient (Wildman–Crippen LogP) is 4.94. The number of amides is 2. The molecule has 2 aromatic carbocycles. The van der Waals surface area contributed by atoms with Gasteiger partial charge in [0, 0.05) is 48.7 Å². The Morgan fingerprint density at radius 2 is 1.59 bits per heavy atom. The summed E-state index contributed by atoms with van der Waals surface area (Å²) in [6.45, 7) is 1.67. The molecule has 4 aromatic rings. The summed E-state index contributed by atoms with van der Waals surface area (Å²) in [6.07, 6.45) is 3.29. The molecule has 5 rings (SSSR count). The van der Waals surface area contributed by atoms with Crippen LogP contribution >= 0.6 is 11.6 Å². The van der Waals surface area contributed by atoms with Crippen molar-refractivity contribution in [1.29, 1.82) is 0 Å². The number of aliphatic carboxylic acids is 1. The van der Waals surface area contributed by atoms with Crippen molar-refractivity contribution in [3.05, 3.63) is 82.9 Å². The summed E-state index contributed by atoms with van der Waals surface area (Å²) in [5.41, 5.74) is 4.07. The lowest BCUT2D eigenvalue weighted by Crippen LogP contribution is -2.50. The molecule has 200 valence electrons. The van der Waals surface area contributed by atoms with E-state index in [-0.39, 0.29) is 18.2 Å². The first kappa shape index (κ1) is 26.4. The molecule has 1 saturated heterocycles. The number of aryl methyl sites for hydroxylation is 1. The van der Waals surface area contributed by atoms with Crippen molar-refractivity contribution in [2.24, 2.45) is 0 Å². The number of benzene rings is 2. The van der Waals surface area contributed by atoms with E-state index in [0.717, 1.165) is 11.3 Å². The molecule has 1 aliphatic heterocycles. The van der Waals surface area contributed by atoms with Gasteiger partial charge in [0.15, 0.2) is 5.76 Å². The third kappa shape index (κ3) is 6.09. The number of rotatable bonds is 8. The first-order valence-corrected chi connectivity index (χ1v) is 13.2. The van der Waals surface area contributed by atoms with Gasteiger partial charge in [0.2, 0.25) is 0 Å². The van der Waals surface area contributed by atoms with Crippen LogP contribution in [0.1, 0.15) is 45.9 Å². The number of piperazine rings is 1. The first-order valence-electron chi connectivity index (χ1n) is 12.8. The van der Waals surface area contributed by atoms with E-state index in [1.54, 1.807) is 52.3 Å². The zero-order valence-electron chi connectivity index (χ0n) is 21.2. The van der Waals surface area contributed by atoms with Crippen LogP contribution in [0.25, 0.3) is 22.3 Å². The minimum Gasteiger partial charge on any atom is -0.481 e. The molecule has 9 nitrogen and oxygen atoms in total. The van der Waals surface area contributed by atoms with Crippen molar-refractivity contribution >= 4 is 40.4 Å². The molecule has 0 saturated carbocycles. The molecule has 1 fully saturated rings. The molecule has 2 amide bonds. The van der Waals surface area contributed by atoms with E-state index >= 15 is 0 Å². The molecule has 0 bridgehead atoms. The van der Waals surface area contributed by atoms with Crippen LogP contribution in [-0.4, -0.2) is 68.8 Å². The third-order valence-corrected chi connectivity index (χ3v) is 6.99. The number of aromatic nitrogens is 2. The summed E-state index contributed by atoms with van der Waals surface area (Å²) < 4.78 is 5.21. The Bertz CT molecular complexity index is 1500. The summed E-state index contributed by atoms with van der Waals surface area (Å²) in [4.78, 5) is 49.9. The van der Waals surface area contributed by atoms with Gasteiger partial charge in [0.25, 0.3) is 11.8 Å². The molecule has 0 spiro atoms. The van der Waals surface area contributed by atoms with Crippen molar-refractivity contribution in [2.45, 2.75) is 25.7 Å². The van der Waals surface area contributed by atoms with E-state index in [1.807, 2.05) is 12.1 Å². The number of carbonyl (C=O) groups excluding carboxylic acids is 2. The SMILES string of the molecule is O=C(O)CCCCc1nc2cc(C(=O)N3CCN(C(=O)c4ccco4)CC3)ccc2nc1-c1ccc(Cl)cc1. The van der Waals surface area contributed by atoms with E-state index in [0.29, 0.717) is 78.5 Å². The number of carboxylic acid groups (broad SMARTS) is 1. The summed E-state index contributed by atoms with van der Waals surface area (Å²) in [6, 6.07) is 15.9. The van der Waals surface area contributed by atoms with Gasteiger partial charge in [0.05, 0.1) is 28.7 Å². The number of unbranched alkanes of at least 4 members (excludes halogenated alkanes) is 1. The molecular formula is C29H27ClN4O5. The van der Waals surface area contributed by atoms with Crippen LogP contribution in [0.5, 0.6) is 0 Å². The molecule has 3 heterocycles. The van der Waals surface area contributed by atoms with Crippen LogP contribution in [0.4, 0.5) is 0 Å². The van der Waals surface area contributed by atoms with Gasteiger partial charge in [-0.15, -0.1) is 0 Å². The molecule has 1 N–H and O–H groups in total. The molecule has 0 unspecified atom stereocenters. The van der Waals surface area contributed by atoms with E-state index in [1.165, 1.54) is 6.26 Å². The first-order chi connectivity index (χ1) is 18.9. The predicted molar refractivity (Wildman–Crippen MR) is 146 cm³/mol. The van der Waals surface area contributed by atoms with Gasteiger partial charge in [0.1, 0.15) is 0 Å². The lowest BCUT2D eigenvalue weighted by Gasteiger charge is -2.34. The highest BCUT2D eigenvalue weighted by atomic mass is 35.5. The molecule has 39 heavy (non-hydrogen) atoms. The van der Waals surface area contributed by atoms with Crippen LogP contribution in [-0.2, 0) is 11.2 Å². The van der Waals surface area contributed by atoms with Crippen molar-refractivity contribution in [1.82, 2.24) is 19.8 Å². The normalized spacial score (nSPS) is 13.6. The molecule has 0 aliphatic carbocycles. The average molecular weight is 547 g/mol. The Morgan fingerprint density at radius 3 is 2.26 bits per heavy atom. The van der Waals surface area contributed by atoms with Gasteiger partial charge < -0.3 is 19.3 Å². The van der Waals surface area contributed by atoms with Gasteiger partial charge in [-0.25, -0.2) is 9.97 Å². The summed E-state index contributed by atoms with van der Waals surface area (Å²) in [5, 5.41) is 9.60. The Hall–Kier alpha value is -4.24. The minimum absolute atomic E-state index is 0.0936. The lowest BCUT2D eigenvalue weighted by atomic mass is 10.0. The smallest absolute Gasteiger partial charge is 0.303 e. The molecular weight excluding hydrogens is 520 g/mol. The maximum Gasteiger partial charge on any atom is 0.303 e. The Balaban J connectivity index is 1.35. The van der Waals surface area contributed by atoms with Crippen LogP contribution in [0, 0.1) is 0 Å². The monoisotopic (exact) mass is 546 g/mol. The van der Waals surface area contributed by atoms with E-state index in [4.69, 9.17) is 31.1 Å². The average Bonchev–Trinajstić information content (AvgIpc) is 3.49. The highest BCUT2D eigenvalue weighted by molar-refractivity contribution is 6.30. The fraction of sp³-hybridized carbons (Fsp3) is 0.276. The quantitative estimate of drug-likeness (QED) is 0.311. The fourth-order valence-corrected chi connectivity index (χ4v) is 4.78. The minimum atomic E-state index is -0.827. The largest absolute Gasteiger partial charge is 0.481 e. The Kier molecular flexibility index (Phi) is 7.88. The highest BCUT2D eigenvalue weighted by Gasteiger charge is 2.27. The second-order valence-corrected chi connectivity index (χ2v) is 9.83. The van der Waals surface area contributed by atoms with E-state index in [2.05, 4.69) is 0 Å². The van der Waals surface area contributed by atoms with Crippen LogP contribution in [0.2, 0.25) is 5.02 Å². The summed E-state index contributed by atoms with van der Waals surface area (Å²) >= 11 is 6.07.